The van der Waals surface area contributed by atoms with Crippen LogP contribution in [0.1, 0.15) is 32.1 Å². The number of para-hydroxylation sites is 1. The molecule has 2 atom stereocenters. The fraction of sp³-hybridized carbons (Fsp3) is 0.526. The van der Waals surface area contributed by atoms with Gasteiger partial charge in [0.05, 0.1) is 11.7 Å². The lowest BCUT2D eigenvalue weighted by Crippen LogP contribution is -2.46. The molecule has 1 saturated carbocycles. The van der Waals surface area contributed by atoms with E-state index in [0.717, 1.165) is 30.9 Å². The van der Waals surface area contributed by atoms with Crippen LogP contribution in [-0.4, -0.2) is 33.7 Å². The summed E-state index contributed by atoms with van der Waals surface area (Å²) in [6, 6.07) is 7.35. The lowest BCUT2D eigenvalue weighted by molar-refractivity contribution is -0.135. The SMILES string of the molecule is O=C(Cn1ncc(=O)c2ccccc21)N1CC[C@H]2CCCC[C@H]2C1. The van der Waals surface area contributed by atoms with Gasteiger partial charge in [-0.15, -0.1) is 0 Å². The smallest absolute Gasteiger partial charge is 0.244 e. The van der Waals surface area contributed by atoms with Gasteiger partial charge in [0.2, 0.25) is 11.3 Å². The average Bonchev–Trinajstić information content (AvgIpc) is 2.64. The van der Waals surface area contributed by atoms with E-state index in [1.54, 1.807) is 10.7 Å². The lowest BCUT2D eigenvalue weighted by atomic mass is 9.75. The predicted octanol–water partition coefficient (Wildman–Crippen LogP) is 2.44. The molecular weight excluding hydrogens is 302 g/mol. The zero-order valence-corrected chi connectivity index (χ0v) is 13.9. The van der Waals surface area contributed by atoms with Gasteiger partial charge in [-0.05, 0) is 36.8 Å². The molecule has 1 aliphatic carbocycles. The average molecular weight is 325 g/mol. The Morgan fingerprint density at radius 1 is 1.12 bits per heavy atom. The van der Waals surface area contributed by atoms with E-state index >= 15 is 0 Å². The molecule has 1 amide bonds. The molecule has 1 saturated heterocycles. The van der Waals surface area contributed by atoms with Crippen LogP contribution in [0.3, 0.4) is 0 Å². The standard InChI is InChI=1S/C19H23N3O2/c23-18-11-20-22(17-8-4-3-7-16(17)18)13-19(24)21-10-9-14-5-1-2-6-15(14)12-21/h3-4,7-8,11,14-15H,1-2,5-6,9-10,12-13H2/t14-,15+/m1/s1. The van der Waals surface area contributed by atoms with E-state index in [2.05, 4.69) is 5.10 Å². The van der Waals surface area contributed by atoms with E-state index in [1.807, 2.05) is 23.1 Å². The Morgan fingerprint density at radius 2 is 1.92 bits per heavy atom. The molecular formula is C19H23N3O2. The zero-order valence-electron chi connectivity index (χ0n) is 13.9. The third-order valence-corrected chi connectivity index (χ3v) is 5.69. The topological polar surface area (TPSA) is 55.2 Å². The van der Waals surface area contributed by atoms with Gasteiger partial charge < -0.3 is 4.90 Å². The van der Waals surface area contributed by atoms with Crippen LogP contribution in [0.2, 0.25) is 0 Å². The largest absolute Gasteiger partial charge is 0.341 e. The predicted molar refractivity (Wildman–Crippen MR) is 92.6 cm³/mol. The Balaban J connectivity index is 1.52. The van der Waals surface area contributed by atoms with Crippen LogP contribution in [-0.2, 0) is 11.3 Å². The molecule has 1 aromatic carbocycles. The first-order valence-electron chi connectivity index (χ1n) is 8.95. The maximum absolute atomic E-state index is 12.8. The van der Waals surface area contributed by atoms with Crippen molar-refractivity contribution >= 4 is 16.8 Å². The van der Waals surface area contributed by atoms with Gasteiger partial charge in [0.1, 0.15) is 6.54 Å². The second kappa shape index (κ2) is 6.38. The number of hydrogen-bond acceptors (Lipinski definition) is 3. The van der Waals surface area contributed by atoms with Gasteiger partial charge in [-0.25, -0.2) is 0 Å². The third-order valence-electron chi connectivity index (χ3n) is 5.69. The Kier molecular flexibility index (Phi) is 4.08. The van der Waals surface area contributed by atoms with E-state index < -0.39 is 0 Å². The van der Waals surface area contributed by atoms with Gasteiger partial charge in [0.25, 0.3) is 0 Å². The summed E-state index contributed by atoms with van der Waals surface area (Å²) in [4.78, 5) is 26.7. The zero-order chi connectivity index (χ0) is 16.5. The molecule has 5 heteroatoms. The molecule has 0 radical (unpaired) electrons. The highest BCUT2D eigenvalue weighted by Gasteiger charge is 2.32. The van der Waals surface area contributed by atoms with Crippen LogP contribution < -0.4 is 5.43 Å². The van der Waals surface area contributed by atoms with Crippen molar-refractivity contribution in [2.45, 2.75) is 38.6 Å². The molecule has 0 unspecified atom stereocenters. The number of fused-ring (bicyclic) bond motifs is 2. The number of rotatable bonds is 2. The van der Waals surface area contributed by atoms with Crippen LogP contribution in [0.4, 0.5) is 0 Å². The highest BCUT2D eigenvalue weighted by Crippen LogP contribution is 2.36. The van der Waals surface area contributed by atoms with Crippen LogP contribution >= 0.6 is 0 Å². The second-order valence-electron chi connectivity index (χ2n) is 7.12. The summed E-state index contributed by atoms with van der Waals surface area (Å²) >= 11 is 0. The minimum absolute atomic E-state index is 0.0997. The summed E-state index contributed by atoms with van der Waals surface area (Å²) in [5.41, 5.74) is 0.628. The molecule has 1 aliphatic heterocycles. The fourth-order valence-corrected chi connectivity index (χ4v) is 4.34. The molecule has 2 aliphatic rings. The van der Waals surface area contributed by atoms with E-state index in [1.165, 1.54) is 31.9 Å². The number of piperidine rings is 1. The Labute approximate surface area is 141 Å². The summed E-state index contributed by atoms with van der Waals surface area (Å²) in [5, 5.41) is 4.80. The minimum atomic E-state index is -0.0997. The van der Waals surface area contributed by atoms with Crippen molar-refractivity contribution < 1.29 is 4.79 Å². The third kappa shape index (κ3) is 2.83. The summed E-state index contributed by atoms with van der Waals surface area (Å²) in [6.45, 7) is 1.96. The summed E-state index contributed by atoms with van der Waals surface area (Å²) in [5.74, 6) is 1.60. The molecule has 0 N–H and O–H groups in total. The molecule has 126 valence electrons. The monoisotopic (exact) mass is 325 g/mol. The normalized spacial score (nSPS) is 23.9. The van der Waals surface area contributed by atoms with Crippen molar-refractivity contribution in [1.29, 1.82) is 0 Å². The number of nitrogens with zero attached hydrogens (tertiary/aromatic N) is 3. The van der Waals surface area contributed by atoms with Gasteiger partial charge in [0, 0.05) is 18.5 Å². The Morgan fingerprint density at radius 3 is 2.79 bits per heavy atom. The molecule has 24 heavy (non-hydrogen) atoms. The molecule has 2 heterocycles. The van der Waals surface area contributed by atoms with Gasteiger partial charge in [-0.1, -0.05) is 31.4 Å². The van der Waals surface area contributed by atoms with Crippen LogP contribution in [0.5, 0.6) is 0 Å². The van der Waals surface area contributed by atoms with Crippen molar-refractivity contribution in [2.75, 3.05) is 13.1 Å². The van der Waals surface area contributed by atoms with Gasteiger partial charge in [-0.3, -0.25) is 14.3 Å². The Hall–Kier alpha value is -2.17. The number of likely N-dealkylation sites (tertiary alicyclic amines) is 1. The van der Waals surface area contributed by atoms with E-state index in [4.69, 9.17) is 0 Å². The van der Waals surface area contributed by atoms with Crippen LogP contribution in [0.25, 0.3) is 10.9 Å². The molecule has 1 aromatic heterocycles. The molecule has 2 fully saturated rings. The number of aromatic nitrogens is 2. The fourth-order valence-electron chi connectivity index (χ4n) is 4.34. The summed E-state index contributed by atoms with van der Waals surface area (Å²) in [7, 11) is 0. The Bertz CT molecular complexity index is 814. The number of carbonyl (C=O) groups excluding carboxylic acids is 1. The lowest BCUT2D eigenvalue weighted by Gasteiger charge is -2.41. The highest BCUT2D eigenvalue weighted by molar-refractivity contribution is 5.81. The van der Waals surface area contributed by atoms with Crippen molar-refractivity contribution in [3.63, 3.8) is 0 Å². The number of hydrogen-bond donors (Lipinski definition) is 0. The van der Waals surface area contributed by atoms with E-state index in [-0.39, 0.29) is 17.9 Å². The van der Waals surface area contributed by atoms with Crippen LogP contribution in [0.15, 0.2) is 35.3 Å². The van der Waals surface area contributed by atoms with Crippen molar-refractivity contribution in [3.05, 3.63) is 40.7 Å². The summed E-state index contributed by atoms with van der Waals surface area (Å²) < 4.78 is 1.66. The first-order valence-corrected chi connectivity index (χ1v) is 8.95. The van der Waals surface area contributed by atoms with Crippen molar-refractivity contribution in [3.8, 4) is 0 Å². The van der Waals surface area contributed by atoms with Crippen LogP contribution in [0, 0.1) is 11.8 Å². The number of carbonyl (C=O) groups is 1. The first kappa shape index (κ1) is 15.4. The van der Waals surface area contributed by atoms with Crippen molar-refractivity contribution in [2.24, 2.45) is 11.8 Å². The maximum atomic E-state index is 12.8. The molecule has 4 rings (SSSR count). The first-order chi connectivity index (χ1) is 11.7. The second-order valence-corrected chi connectivity index (χ2v) is 7.12. The van der Waals surface area contributed by atoms with Crippen molar-refractivity contribution in [1.82, 2.24) is 14.7 Å². The van der Waals surface area contributed by atoms with Gasteiger partial charge in [0.15, 0.2) is 0 Å². The van der Waals surface area contributed by atoms with Gasteiger partial charge in [-0.2, -0.15) is 5.10 Å². The molecule has 0 bridgehead atoms. The number of amides is 1. The maximum Gasteiger partial charge on any atom is 0.244 e. The highest BCUT2D eigenvalue weighted by atomic mass is 16.2. The quantitative estimate of drug-likeness (QED) is 0.852. The van der Waals surface area contributed by atoms with E-state index in [9.17, 15) is 9.59 Å². The minimum Gasteiger partial charge on any atom is -0.341 e. The number of benzene rings is 1. The van der Waals surface area contributed by atoms with Gasteiger partial charge >= 0.3 is 0 Å². The molecule has 2 aromatic rings. The molecule has 5 nitrogen and oxygen atoms in total. The van der Waals surface area contributed by atoms with E-state index in [0.29, 0.717) is 11.3 Å². The summed E-state index contributed by atoms with van der Waals surface area (Å²) in [6.07, 6.45) is 7.68. The molecule has 0 spiro atoms.